The van der Waals surface area contributed by atoms with Gasteiger partial charge in [-0.05, 0) is 44.1 Å². The van der Waals surface area contributed by atoms with Gasteiger partial charge in [0, 0.05) is 6.42 Å². The van der Waals surface area contributed by atoms with Crippen molar-refractivity contribution >= 4 is 5.78 Å². The van der Waals surface area contributed by atoms with Crippen molar-refractivity contribution in [2.45, 2.75) is 40.5 Å². The summed E-state index contributed by atoms with van der Waals surface area (Å²) in [4.78, 5) is 12.1. The van der Waals surface area contributed by atoms with E-state index in [1.54, 1.807) is 0 Å². The molecule has 0 heterocycles. The lowest BCUT2D eigenvalue weighted by atomic mass is 9.61. The van der Waals surface area contributed by atoms with E-state index in [1.165, 1.54) is 11.1 Å². The van der Waals surface area contributed by atoms with Crippen LogP contribution in [-0.4, -0.2) is 5.78 Å². The highest BCUT2D eigenvalue weighted by Crippen LogP contribution is 2.48. The summed E-state index contributed by atoms with van der Waals surface area (Å²) in [6.07, 6.45) is 8.09. The smallest absolute Gasteiger partial charge is 0.159 e. The molecule has 0 aromatic heterocycles. The van der Waals surface area contributed by atoms with Gasteiger partial charge in [0.05, 0.1) is 0 Å². The molecule has 2 atom stereocenters. The minimum Gasteiger partial charge on any atom is -0.295 e. The zero-order valence-electron chi connectivity index (χ0n) is 10.6. The highest BCUT2D eigenvalue weighted by Gasteiger charge is 2.42. The van der Waals surface area contributed by atoms with E-state index in [4.69, 9.17) is 0 Å². The summed E-state index contributed by atoms with van der Waals surface area (Å²) in [7, 11) is 0. The molecule has 0 N–H and O–H groups in total. The van der Waals surface area contributed by atoms with E-state index < -0.39 is 0 Å². The van der Waals surface area contributed by atoms with E-state index in [9.17, 15) is 4.79 Å². The molecule has 0 amide bonds. The summed E-state index contributed by atoms with van der Waals surface area (Å²) >= 11 is 0. The van der Waals surface area contributed by atoms with Gasteiger partial charge in [-0.3, -0.25) is 4.79 Å². The Morgan fingerprint density at radius 1 is 1.44 bits per heavy atom. The van der Waals surface area contributed by atoms with Gasteiger partial charge < -0.3 is 0 Å². The number of hydrogen-bond acceptors (Lipinski definition) is 1. The molecular weight excluding hydrogens is 196 g/mol. The molecule has 0 aromatic rings. The SMILES string of the molecule is CC1=CC=CC2(C)CC(=O)C(=C(C)C)CC12. The van der Waals surface area contributed by atoms with Gasteiger partial charge in [0.15, 0.2) is 5.78 Å². The van der Waals surface area contributed by atoms with Gasteiger partial charge in [0.25, 0.3) is 0 Å². The topological polar surface area (TPSA) is 17.1 Å². The molecule has 1 heteroatoms. The first-order valence-corrected chi connectivity index (χ1v) is 5.99. The van der Waals surface area contributed by atoms with Crippen LogP contribution in [0.4, 0.5) is 0 Å². The van der Waals surface area contributed by atoms with Crippen molar-refractivity contribution in [3.63, 3.8) is 0 Å². The Labute approximate surface area is 97.9 Å². The Morgan fingerprint density at radius 3 is 2.75 bits per heavy atom. The second-order valence-corrected chi connectivity index (χ2v) is 5.61. The number of hydrogen-bond donors (Lipinski definition) is 0. The molecular formula is C15H20O. The van der Waals surface area contributed by atoms with Crippen molar-refractivity contribution in [1.82, 2.24) is 0 Å². The Hall–Kier alpha value is -1.11. The molecule has 16 heavy (non-hydrogen) atoms. The third kappa shape index (κ3) is 1.68. The molecule has 1 nitrogen and oxygen atoms in total. The molecule has 1 fully saturated rings. The second-order valence-electron chi connectivity index (χ2n) is 5.61. The van der Waals surface area contributed by atoms with Crippen LogP contribution in [-0.2, 0) is 4.79 Å². The van der Waals surface area contributed by atoms with E-state index in [0.29, 0.717) is 18.1 Å². The first kappa shape index (κ1) is 11.4. The van der Waals surface area contributed by atoms with Gasteiger partial charge in [-0.2, -0.15) is 0 Å². The third-order valence-electron chi connectivity index (χ3n) is 4.07. The van der Waals surface area contributed by atoms with Crippen LogP contribution in [0, 0.1) is 11.3 Å². The fourth-order valence-corrected chi connectivity index (χ4v) is 3.00. The van der Waals surface area contributed by atoms with Crippen LogP contribution in [0.15, 0.2) is 34.9 Å². The number of Topliss-reactive ketones (excluding diaryl/α,β-unsaturated/α-hetero) is 1. The van der Waals surface area contributed by atoms with E-state index >= 15 is 0 Å². The third-order valence-corrected chi connectivity index (χ3v) is 4.07. The van der Waals surface area contributed by atoms with Crippen molar-refractivity contribution in [2.24, 2.45) is 11.3 Å². The van der Waals surface area contributed by atoms with Gasteiger partial charge in [-0.15, -0.1) is 0 Å². The summed E-state index contributed by atoms with van der Waals surface area (Å²) in [5.74, 6) is 0.859. The molecule has 0 radical (unpaired) electrons. The molecule has 0 saturated heterocycles. The lowest BCUT2D eigenvalue weighted by Gasteiger charge is -2.42. The van der Waals surface area contributed by atoms with E-state index in [1.807, 2.05) is 13.8 Å². The second kappa shape index (κ2) is 3.73. The molecule has 2 aliphatic rings. The Kier molecular flexibility index (Phi) is 2.65. The summed E-state index contributed by atoms with van der Waals surface area (Å²) in [6, 6.07) is 0. The number of allylic oxidation sites excluding steroid dienone is 6. The largest absolute Gasteiger partial charge is 0.295 e. The monoisotopic (exact) mass is 216 g/mol. The zero-order valence-corrected chi connectivity index (χ0v) is 10.6. The maximum absolute atomic E-state index is 12.1. The number of carbonyl (C=O) groups is 1. The van der Waals surface area contributed by atoms with Crippen molar-refractivity contribution in [1.29, 1.82) is 0 Å². The maximum Gasteiger partial charge on any atom is 0.159 e. The fraction of sp³-hybridized carbons (Fsp3) is 0.533. The lowest BCUT2D eigenvalue weighted by molar-refractivity contribution is -0.119. The summed E-state index contributed by atoms with van der Waals surface area (Å²) < 4.78 is 0. The lowest BCUT2D eigenvalue weighted by Crippen LogP contribution is -2.36. The van der Waals surface area contributed by atoms with E-state index in [2.05, 4.69) is 32.1 Å². The van der Waals surface area contributed by atoms with Crippen LogP contribution in [0.5, 0.6) is 0 Å². The molecule has 0 spiro atoms. The van der Waals surface area contributed by atoms with Crippen LogP contribution in [0.3, 0.4) is 0 Å². The molecule has 0 aliphatic heterocycles. The van der Waals surface area contributed by atoms with Crippen molar-refractivity contribution in [3.8, 4) is 0 Å². The summed E-state index contributed by atoms with van der Waals surface area (Å²) in [5, 5.41) is 0. The Morgan fingerprint density at radius 2 is 2.12 bits per heavy atom. The van der Waals surface area contributed by atoms with E-state index in [0.717, 1.165) is 12.0 Å². The quantitative estimate of drug-likeness (QED) is 0.562. The van der Waals surface area contributed by atoms with Gasteiger partial charge in [0.1, 0.15) is 0 Å². The van der Waals surface area contributed by atoms with Crippen molar-refractivity contribution in [3.05, 3.63) is 34.9 Å². The normalized spacial score (nSPS) is 33.5. The number of carbonyl (C=O) groups excluding carboxylic acids is 1. The Bertz CT molecular complexity index is 419. The first-order chi connectivity index (χ1) is 7.44. The predicted octanol–water partition coefficient (Wildman–Crippen LogP) is 3.82. The Balaban J connectivity index is 2.40. The van der Waals surface area contributed by atoms with Crippen LogP contribution in [0.2, 0.25) is 0 Å². The van der Waals surface area contributed by atoms with Crippen molar-refractivity contribution < 1.29 is 4.79 Å². The first-order valence-electron chi connectivity index (χ1n) is 5.99. The molecule has 2 rings (SSSR count). The van der Waals surface area contributed by atoms with Gasteiger partial charge >= 0.3 is 0 Å². The predicted molar refractivity (Wildman–Crippen MR) is 67.1 cm³/mol. The standard InChI is InChI=1S/C15H20O/c1-10(2)12-8-13-11(3)6-5-7-15(13,4)9-14(12)16/h5-7,13H,8-9H2,1-4H3. The van der Waals surface area contributed by atoms with Crippen LogP contribution in [0.25, 0.3) is 0 Å². The fourth-order valence-electron chi connectivity index (χ4n) is 3.00. The molecule has 0 aromatic carbocycles. The highest BCUT2D eigenvalue weighted by atomic mass is 16.1. The molecule has 1 saturated carbocycles. The highest BCUT2D eigenvalue weighted by molar-refractivity contribution is 5.97. The average Bonchev–Trinajstić information content (AvgIpc) is 2.15. The average molecular weight is 216 g/mol. The van der Waals surface area contributed by atoms with Gasteiger partial charge in [0.2, 0.25) is 0 Å². The van der Waals surface area contributed by atoms with Crippen LogP contribution < -0.4 is 0 Å². The molecule has 2 aliphatic carbocycles. The summed E-state index contributed by atoms with van der Waals surface area (Å²) in [5.41, 5.74) is 3.71. The van der Waals surface area contributed by atoms with Gasteiger partial charge in [-0.1, -0.05) is 36.3 Å². The van der Waals surface area contributed by atoms with Crippen molar-refractivity contribution in [2.75, 3.05) is 0 Å². The number of ketones is 1. The molecule has 2 unspecified atom stereocenters. The molecule has 86 valence electrons. The summed E-state index contributed by atoms with van der Waals surface area (Å²) in [6.45, 7) is 8.50. The zero-order chi connectivity index (χ0) is 11.9. The minimum atomic E-state index is 0.0505. The van der Waals surface area contributed by atoms with E-state index in [-0.39, 0.29) is 5.41 Å². The minimum absolute atomic E-state index is 0.0505. The number of fused-ring (bicyclic) bond motifs is 1. The van der Waals surface area contributed by atoms with Crippen LogP contribution >= 0.6 is 0 Å². The van der Waals surface area contributed by atoms with Gasteiger partial charge in [-0.25, -0.2) is 0 Å². The number of rotatable bonds is 0. The maximum atomic E-state index is 12.1. The molecule has 0 bridgehead atoms. The van der Waals surface area contributed by atoms with Crippen LogP contribution in [0.1, 0.15) is 40.5 Å².